The molecule has 2 aliphatic heterocycles. The van der Waals surface area contributed by atoms with E-state index in [0.29, 0.717) is 24.8 Å². The summed E-state index contributed by atoms with van der Waals surface area (Å²) in [5.41, 5.74) is 2.56. The fourth-order valence-electron chi connectivity index (χ4n) is 3.87. The molecule has 4 rings (SSSR count). The lowest BCUT2D eigenvalue weighted by atomic mass is 10.1. The van der Waals surface area contributed by atoms with Crippen molar-refractivity contribution >= 4 is 34.6 Å². The van der Waals surface area contributed by atoms with Crippen LogP contribution in [0.5, 0.6) is 5.75 Å². The fraction of sp³-hybridized carbons (Fsp3) is 0.370. The molecule has 0 saturated carbocycles. The third-order valence-electron chi connectivity index (χ3n) is 5.80. The number of aliphatic carboxylic acids is 2. The van der Waals surface area contributed by atoms with Crippen LogP contribution in [0.2, 0.25) is 0 Å². The van der Waals surface area contributed by atoms with Crippen LogP contribution in [0.4, 0.5) is 10.1 Å². The number of amidine groups is 1. The van der Waals surface area contributed by atoms with Crippen molar-refractivity contribution in [3.05, 3.63) is 72.1 Å². The molecule has 0 spiro atoms. The number of ether oxygens (including phenoxy) is 1. The molecule has 2 aromatic carbocycles. The predicted octanol–water partition coefficient (Wildman–Crippen LogP) is 4.88. The van der Waals surface area contributed by atoms with Gasteiger partial charge in [-0.05, 0) is 68.1 Å². The largest absolute Gasteiger partial charge is 0.494 e. The Morgan fingerprint density at radius 1 is 1.05 bits per heavy atom. The molecule has 0 atom stereocenters. The number of nitrogens with zero attached hydrogens (tertiary/aromatic N) is 2. The first-order chi connectivity index (χ1) is 17.9. The molecule has 0 bridgehead atoms. The van der Waals surface area contributed by atoms with Crippen LogP contribution in [0.25, 0.3) is 0 Å². The van der Waals surface area contributed by atoms with Gasteiger partial charge in [0.05, 0.1) is 12.6 Å². The van der Waals surface area contributed by atoms with Crippen LogP contribution in [0.1, 0.15) is 31.2 Å². The fourth-order valence-corrected chi connectivity index (χ4v) is 4.82. The standard InChI is InChI=1S/C23H28FN3OS.C4H4O4/c24-19-7-9-21(10-8-19)28-16-4-3-13-27-14-11-20(12-15-27)25-23-26-22-6-2-1-5-18(22)17-29-23;5-3(6)1-2-4(7)8/h1-2,5-10,20H,3-4,11-17H2,(H,25,26);1-2H,(H,5,6)(H,7,8). The van der Waals surface area contributed by atoms with Gasteiger partial charge in [-0.15, -0.1) is 0 Å². The molecule has 0 radical (unpaired) electrons. The number of benzene rings is 2. The second-order valence-corrected chi connectivity index (χ2v) is 9.56. The average molecular weight is 530 g/mol. The Hall–Kier alpha value is -3.37. The van der Waals surface area contributed by atoms with Crippen molar-refractivity contribution in [2.75, 3.05) is 31.6 Å². The van der Waals surface area contributed by atoms with Crippen LogP contribution in [-0.4, -0.2) is 64.5 Å². The monoisotopic (exact) mass is 529 g/mol. The summed E-state index contributed by atoms with van der Waals surface area (Å²) in [4.78, 5) is 26.6. The topological polar surface area (TPSA) is 111 Å². The second kappa shape index (κ2) is 15.0. The van der Waals surface area contributed by atoms with Crippen molar-refractivity contribution in [2.45, 2.75) is 37.5 Å². The third-order valence-corrected chi connectivity index (χ3v) is 6.74. The van der Waals surface area contributed by atoms with Gasteiger partial charge in [0.15, 0.2) is 5.17 Å². The van der Waals surface area contributed by atoms with Gasteiger partial charge in [-0.2, -0.15) is 0 Å². The first kappa shape index (κ1) is 28.2. The van der Waals surface area contributed by atoms with Crippen molar-refractivity contribution in [3.63, 3.8) is 0 Å². The summed E-state index contributed by atoms with van der Waals surface area (Å²) in [6.07, 6.45) is 5.50. The van der Waals surface area contributed by atoms with Gasteiger partial charge in [-0.25, -0.2) is 14.0 Å². The molecule has 10 heteroatoms. The minimum absolute atomic E-state index is 0.228. The predicted molar refractivity (Wildman–Crippen MR) is 144 cm³/mol. The van der Waals surface area contributed by atoms with Gasteiger partial charge in [0, 0.05) is 36.7 Å². The van der Waals surface area contributed by atoms with E-state index in [1.54, 1.807) is 12.1 Å². The number of anilines is 1. The van der Waals surface area contributed by atoms with E-state index in [-0.39, 0.29) is 5.82 Å². The molecule has 0 amide bonds. The quantitative estimate of drug-likeness (QED) is 0.312. The van der Waals surface area contributed by atoms with E-state index in [0.717, 1.165) is 62.0 Å². The number of unbranched alkanes of at least 4 members (excludes halogenated alkanes) is 1. The van der Waals surface area contributed by atoms with Gasteiger partial charge in [0.2, 0.25) is 0 Å². The van der Waals surface area contributed by atoms with Gasteiger partial charge in [0.25, 0.3) is 0 Å². The van der Waals surface area contributed by atoms with E-state index in [2.05, 4.69) is 34.5 Å². The summed E-state index contributed by atoms with van der Waals surface area (Å²) in [6, 6.07) is 15.1. The number of piperidine rings is 1. The minimum Gasteiger partial charge on any atom is -0.494 e. The molecular formula is C27H32FN3O5S. The summed E-state index contributed by atoms with van der Waals surface area (Å²) in [5.74, 6) is -1.00. The lowest BCUT2D eigenvalue weighted by Gasteiger charge is -2.31. The van der Waals surface area contributed by atoms with Crippen molar-refractivity contribution < 1.29 is 28.9 Å². The summed E-state index contributed by atoms with van der Waals surface area (Å²) in [5, 5.41) is 20.2. The highest BCUT2D eigenvalue weighted by molar-refractivity contribution is 8.13. The highest BCUT2D eigenvalue weighted by Gasteiger charge is 2.20. The number of carboxylic acids is 2. The highest BCUT2D eigenvalue weighted by Crippen LogP contribution is 2.29. The molecule has 2 heterocycles. The van der Waals surface area contributed by atoms with Crippen LogP contribution in [0.15, 0.2) is 65.7 Å². The van der Waals surface area contributed by atoms with Crippen LogP contribution in [0.3, 0.4) is 0 Å². The van der Waals surface area contributed by atoms with E-state index >= 15 is 0 Å². The molecular weight excluding hydrogens is 497 g/mol. The normalized spacial score (nSPS) is 16.9. The molecule has 1 saturated heterocycles. The Balaban J connectivity index is 0.000000414. The zero-order valence-corrected chi connectivity index (χ0v) is 21.3. The Kier molecular flexibility index (Phi) is 11.4. The number of hydrogen-bond donors (Lipinski definition) is 3. The molecule has 2 aliphatic rings. The van der Waals surface area contributed by atoms with Gasteiger partial charge in [-0.1, -0.05) is 30.0 Å². The van der Waals surface area contributed by atoms with Crippen molar-refractivity contribution in [1.29, 1.82) is 0 Å². The average Bonchev–Trinajstić information content (AvgIpc) is 2.90. The van der Waals surface area contributed by atoms with Crippen molar-refractivity contribution in [2.24, 2.45) is 4.99 Å². The summed E-state index contributed by atoms with van der Waals surface area (Å²) >= 11 is 1.81. The third kappa shape index (κ3) is 10.6. The number of thioether (sulfide) groups is 1. The van der Waals surface area contributed by atoms with E-state index in [9.17, 15) is 14.0 Å². The SMILES string of the molecule is Fc1ccc(OCCCCN2CCC(N=C3Nc4ccccc4CS3)CC2)cc1.O=C(O)C=CC(=O)O. The van der Waals surface area contributed by atoms with Gasteiger partial charge in [0.1, 0.15) is 11.6 Å². The lowest BCUT2D eigenvalue weighted by molar-refractivity contribution is -0.134. The molecule has 0 unspecified atom stereocenters. The zero-order valence-electron chi connectivity index (χ0n) is 20.5. The van der Waals surface area contributed by atoms with Crippen LogP contribution < -0.4 is 10.1 Å². The maximum Gasteiger partial charge on any atom is 0.328 e. The molecule has 0 aliphatic carbocycles. The summed E-state index contributed by atoms with van der Waals surface area (Å²) in [6.45, 7) is 4.01. The number of nitrogens with one attached hydrogen (secondary N) is 1. The molecule has 1 fully saturated rings. The van der Waals surface area contributed by atoms with Crippen molar-refractivity contribution in [3.8, 4) is 5.75 Å². The number of hydrogen-bond acceptors (Lipinski definition) is 6. The number of carbonyl (C=O) groups is 2. The van der Waals surface area contributed by atoms with Crippen LogP contribution >= 0.6 is 11.8 Å². The van der Waals surface area contributed by atoms with Crippen LogP contribution in [-0.2, 0) is 15.3 Å². The van der Waals surface area contributed by atoms with E-state index < -0.39 is 11.9 Å². The zero-order chi connectivity index (χ0) is 26.5. The Morgan fingerprint density at radius 3 is 2.41 bits per heavy atom. The molecule has 8 nitrogen and oxygen atoms in total. The first-order valence-electron chi connectivity index (χ1n) is 12.2. The lowest BCUT2D eigenvalue weighted by Crippen LogP contribution is -2.36. The second-order valence-electron chi connectivity index (χ2n) is 8.60. The molecule has 0 aromatic heterocycles. The van der Waals surface area contributed by atoms with Crippen molar-refractivity contribution in [1.82, 2.24) is 4.90 Å². The highest BCUT2D eigenvalue weighted by atomic mass is 32.2. The van der Waals surface area contributed by atoms with E-state index in [4.69, 9.17) is 19.9 Å². The summed E-state index contributed by atoms with van der Waals surface area (Å²) < 4.78 is 18.5. The maximum absolute atomic E-state index is 12.9. The van der Waals surface area contributed by atoms with E-state index in [1.807, 2.05) is 11.8 Å². The van der Waals surface area contributed by atoms with Gasteiger partial charge >= 0.3 is 11.9 Å². The Bertz CT molecular complexity index is 1070. The molecule has 37 heavy (non-hydrogen) atoms. The maximum atomic E-state index is 12.9. The molecule has 3 N–H and O–H groups in total. The Morgan fingerprint density at radius 2 is 1.73 bits per heavy atom. The van der Waals surface area contributed by atoms with Crippen LogP contribution in [0, 0.1) is 5.82 Å². The number of para-hydroxylation sites is 1. The van der Waals surface area contributed by atoms with Gasteiger partial charge in [-0.3, -0.25) is 4.99 Å². The Labute approximate surface area is 220 Å². The number of halogens is 1. The molecule has 198 valence electrons. The first-order valence-corrected chi connectivity index (χ1v) is 13.2. The van der Waals surface area contributed by atoms with E-state index in [1.165, 1.54) is 23.4 Å². The minimum atomic E-state index is -1.26. The molecule has 2 aromatic rings. The number of fused-ring (bicyclic) bond motifs is 1. The smallest absolute Gasteiger partial charge is 0.328 e. The number of aliphatic imine (C=N–C) groups is 1. The summed E-state index contributed by atoms with van der Waals surface area (Å²) in [7, 11) is 0. The van der Waals surface area contributed by atoms with Gasteiger partial charge < -0.3 is 25.2 Å². The number of rotatable bonds is 9. The number of likely N-dealkylation sites (tertiary alicyclic amines) is 1. The number of carboxylic acid groups (broad SMARTS) is 2.